The van der Waals surface area contributed by atoms with Crippen LogP contribution in [0, 0.1) is 24.0 Å². The molecule has 8 nitrogen and oxygen atoms in total. The van der Waals surface area contributed by atoms with Crippen LogP contribution in [0.5, 0.6) is 0 Å². The summed E-state index contributed by atoms with van der Waals surface area (Å²) in [5, 5.41) is 20.2. The second-order valence-corrected chi connectivity index (χ2v) is 11.0. The highest BCUT2D eigenvalue weighted by molar-refractivity contribution is 6.30. The second kappa shape index (κ2) is 10.4. The van der Waals surface area contributed by atoms with E-state index in [1.807, 2.05) is 11.8 Å². The predicted octanol–water partition coefficient (Wildman–Crippen LogP) is 5.28. The van der Waals surface area contributed by atoms with Crippen molar-refractivity contribution in [3.8, 4) is 0 Å². The number of hydrogen-bond donors (Lipinski definition) is 3. The summed E-state index contributed by atoms with van der Waals surface area (Å²) >= 11 is 5.93. The Hall–Kier alpha value is -3.15. The van der Waals surface area contributed by atoms with E-state index < -0.39 is 28.7 Å². The standard InChI is InChI=1S/C27H29ClF3N5O3/c1-15-8-22(35-34-15)33-21-9-18(27(31)13-39-14-27)24(30)20(32-21)11-26(25(37)38)6-7-36(16(2)10-26)12-17-4-3-5-19(28)23(17)29/h3-5,8-9,16H,6-7,10-14H2,1-2H3,(H,37,38)(H2,32,33,34,35)/t16-,26-/m1/s1. The highest BCUT2D eigenvalue weighted by atomic mass is 35.5. The first kappa shape index (κ1) is 27.4. The molecule has 0 saturated carbocycles. The Labute approximate surface area is 228 Å². The lowest BCUT2D eigenvalue weighted by Gasteiger charge is -2.43. The number of anilines is 2. The van der Waals surface area contributed by atoms with Gasteiger partial charge in [-0.3, -0.25) is 14.8 Å². The van der Waals surface area contributed by atoms with Crippen LogP contribution < -0.4 is 5.32 Å². The number of piperidine rings is 1. The highest BCUT2D eigenvalue weighted by Gasteiger charge is 2.48. The molecule has 2 atom stereocenters. The molecule has 12 heteroatoms. The largest absolute Gasteiger partial charge is 0.481 e. The molecule has 0 radical (unpaired) electrons. The van der Waals surface area contributed by atoms with Gasteiger partial charge >= 0.3 is 5.97 Å². The molecule has 39 heavy (non-hydrogen) atoms. The molecule has 4 heterocycles. The number of carboxylic acid groups (broad SMARTS) is 1. The Bertz CT molecular complexity index is 1400. The van der Waals surface area contributed by atoms with Gasteiger partial charge < -0.3 is 15.2 Å². The molecule has 0 unspecified atom stereocenters. The number of aryl methyl sites for hydroxylation is 1. The number of alkyl halides is 1. The minimum atomic E-state index is -2.03. The van der Waals surface area contributed by atoms with Crippen molar-refractivity contribution in [1.29, 1.82) is 0 Å². The fourth-order valence-electron chi connectivity index (χ4n) is 5.39. The maximum atomic E-state index is 15.8. The number of carbonyl (C=O) groups is 1. The molecule has 3 N–H and O–H groups in total. The summed E-state index contributed by atoms with van der Waals surface area (Å²) in [6, 6.07) is 7.50. The van der Waals surface area contributed by atoms with Crippen molar-refractivity contribution in [3.05, 3.63) is 69.5 Å². The molecule has 1 aromatic carbocycles. The van der Waals surface area contributed by atoms with Crippen LogP contribution in [-0.4, -0.2) is 57.0 Å². The first-order chi connectivity index (χ1) is 18.5. The third-order valence-electron chi connectivity index (χ3n) is 7.68. The van der Waals surface area contributed by atoms with Crippen molar-refractivity contribution < 1.29 is 27.8 Å². The van der Waals surface area contributed by atoms with Gasteiger partial charge in [0.15, 0.2) is 17.3 Å². The molecular formula is C27H29ClF3N5O3. The van der Waals surface area contributed by atoms with Crippen LogP contribution in [0.3, 0.4) is 0 Å². The molecule has 3 aromatic rings. The Kier molecular flexibility index (Phi) is 7.34. The van der Waals surface area contributed by atoms with E-state index in [1.165, 1.54) is 12.1 Å². The Morgan fingerprint density at radius 2 is 2.05 bits per heavy atom. The molecule has 2 aliphatic rings. The number of rotatable bonds is 8. The van der Waals surface area contributed by atoms with Gasteiger partial charge in [0.05, 0.1) is 29.3 Å². The number of benzene rings is 1. The van der Waals surface area contributed by atoms with Crippen LogP contribution in [0.1, 0.15) is 42.3 Å². The molecule has 0 spiro atoms. The number of nitrogens with one attached hydrogen (secondary N) is 2. The van der Waals surface area contributed by atoms with Gasteiger partial charge in [-0.2, -0.15) is 5.10 Å². The summed E-state index contributed by atoms with van der Waals surface area (Å²) in [6.45, 7) is 3.65. The van der Waals surface area contributed by atoms with Crippen LogP contribution >= 0.6 is 11.6 Å². The van der Waals surface area contributed by atoms with Crippen LogP contribution in [0.2, 0.25) is 5.02 Å². The highest BCUT2D eigenvalue weighted by Crippen LogP contribution is 2.42. The number of aliphatic carboxylic acids is 1. The number of nitrogens with zero attached hydrogens (tertiary/aromatic N) is 3. The van der Waals surface area contributed by atoms with Crippen LogP contribution in [0.25, 0.3) is 0 Å². The topological polar surface area (TPSA) is 103 Å². The number of hydrogen-bond acceptors (Lipinski definition) is 6. The number of H-pyrrole nitrogens is 1. The first-order valence-corrected chi connectivity index (χ1v) is 13.0. The molecule has 2 saturated heterocycles. The zero-order valence-corrected chi connectivity index (χ0v) is 22.3. The molecule has 0 bridgehead atoms. The van der Waals surface area contributed by atoms with E-state index in [0.717, 1.165) is 5.69 Å². The van der Waals surface area contributed by atoms with Crippen molar-refractivity contribution >= 4 is 29.2 Å². The quantitative estimate of drug-likeness (QED) is 0.342. The van der Waals surface area contributed by atoms with Crippen molar-refractivity contribution in [2.24, 2.45) is 5.41 Å². The van der Waals surface area contributed by atoms with Gasteiger partial charge in [0.25, 0.3) is 0 Å². The summed E-state index contributed by atoms with van der Waals surface area (Å²) < 4.78 is 50.7. The lowest BCUT2D eigenvalue weighted by molar-refractivity contribution is -0.153. The van der Waals surface area contributed by atoms with Crippen LogP contribution in [0.15, 0.2) is 30.3 Å². The van der Waals surface area contributed by atoms with Crippen molar-refractivity contribution in [2.75, 3.05) is 25.1 Å². The van der Waals surface area contributed by atoms with E-state index in [1.54, 1.807) is 25.1 Å². The van der Waals surface area contributed by atoms with Gasteiger partial charge in [-0.25, -0.2) is 18.2 Å². The van der Waals surface area contributed by atoms with E-state index in [9.17, 15) is 14.3 Å². The average Bonchev–Trinajstić information content (AvgIpc) is 3.28. The smallest absolute Gasteiger partial charge is 0.310 e. The minimum Gasteiger partial charge on any atom is -0.481 e. The van der Waals surface area contributed by atoms with E-state index in [2.05, 4.69) is 20.5 Å². The van der Waals surface area contributed by atoms with Gasteiger partial charge in [0.1, 0.15) is 11.6 Å². The lowest BCUT2D eigenvalue weighted by atomic mass is 9.72. The molecule has 0 aliphatic carbocycles. The molecular weight excluding hydrogens is 535 g/mol. The van der Waals surface area contributed by atoms with E-state index in [-0.39, 0.29) is 67.2 Å². The fourth-order valence-corrected chi connectivity index (χ4v) is 5.58. The Morgan fingerprint density at radius 1 is 1.28 bits per heavy atom. The Balaban J connectivity index is 1.43. The number of ether oxygens (including phenoxy) is 1. The molecule has 2 fully saturated rings. The van der Waals surface area contributed by atoms with E-state index in [4.69, 9.17) is 16.3 Å². The van der Waals surface area contributed by atoms with Crippen molar-refractivity contribution in [1.82, 2.24) is 20.1 Å². The number of aromatic amines is 1. The van der Waals surface area contributed by atoms with Crippen LogP contribution in [-0.2, 0) is 28.2 Å². The summed E-state index contributed by atoms with van der Waals surface area (Å²) in [6.07, 6.45) is 0.101. The summed E-state index contributed by atoms with van der Waals surface area (Å²) in [4.78, 5) is 19.0. The second-order valence-electron chi connectivity index (χ2n) is 10.6. The van der Waals surface area contributed by atoms with Gasteiger partial charge in [-0.1, -0.05) is 23.7 Å². The average molecular weight is 564 g/mol. The number of halogens is 4. The first-order valence-electron chi connectivity index (χ1n) is 12.7. The lowest BCUT2D eigenvalue weighted by Crippen LogP contribution is -2.50. The van der Waals surface area contributed by atoms with Gasteiger partial charge in [0, 0.05) is 41.9 Å². The van der Waals surface area contributed by atoms with E-state index in [0.29, 0.717) is 17.9 Å². The zero-order chi connectivity index (χ0) is 27.9. The van der Waals surface area contributed by atoms with Crippen LogP contribution in [0.4, 0.5) is 24.8 Å². The summed E-state index contributed by atoms with van der Waals surface area (Å²) in [5.41, 5.74) is -2.57. The normalized spacial score (nSPS) is 22.9. The molecule has 2 aliphatic heterocycles. The zero-order valence-electron chi connectivity index (χ0n) is 21.5. The predicted molar refractivity (Wildman–Crippen MR) is 139 cm³/mol. The fraction of sp³-hybridized carbons (Fsp3) is 0.444. The van der Waals surface area contributed by atoms with Crippen molar-refractivity contribution in [2.45, 2.75) is 51.4 Å². The van der Waals surface area contributed by atoms with Gasteiger partial charge in [0.2, 0.25) is 0 Å². The number of aromatic nitrogens is 3. The third kappa shape index (κ3) is 5.35. The summed E-state index contributed by atoms with van der Waals surface area (Å²) in [5.74, 6) is -1.91. The molecule has 0 amide bonds. The monoisotopic (exact) mass is 563 g/mol. The molecule has 2 aromatic heterocycles. The third-order valence-corrected chi connectivity index (χ3v) is 7.98. The number of likely N-dealkylation sites (tertiary alicyclic amines) is 1. The number of pyridine rings is 1. The summed E-state index contributed by atoms with van der Waals surface area (Å²) in [7, 11) is 0. The van der Waals surface area contributed by atoms with E-state index >= 15 is 8.78 Å². The minimum absolute atomic E-state index is 0.0235. The molecule has 208 valence electrons. The van der Waals surface area contributed by atoms with Crippen molar-refractivity contribution in [3.63, 3.8) is 0 Å². The Morgan fingerprint density at radius 3 is 2.67 bits per heavy atom. The maximum Gasteiger partial charge on any atom is 0.310 e. The molecule has 5 rings (SSSR count). The SMILES string of the molecule is Cc1cc(Nc2cc(C3(F)COC3)c(F)c(C[C@@]3(C(=O)O)CCN(Cc4cccc(Cl)c4F)[C@H](C)C3)n2)n[nH]1. The maximum absolute atomic E-state index is 15.8. The number of carboxylic acids is 1. The van der Waals surface area contributed by atoms with Gasteiger partial charge in [-0.05, 0) is 45.4 Å². The van der Waals surface area contributed by atoms with Gasteiger partial charge in [-0.15, -0.1) is 0 Å².